The summed E-state index contributed by atoms with van der Waals surface area (Å²) in [7, 11) is 0. The number of carbonyl (C=O) groups is 1. The van der Waals surface area contributed by atoms with Gasteiger partial charge in [-0.1, -0.05) is 43.0 Å². The normalized spacial score (nSPS) is 15.8. The summed E-state index contributed by atoms with van der Waals surface area (Å²) >= 11 is 7.52. The first kappa shape index (κ1) is 17.4. The molecule has 1 saturated carbocycles. The maximum atomic E-state index is 11.8. The number of hydrazone groups is 1. The summed E-state index contributed by atoms with van der Waals surface area (Å²) < 4.78 is 0. The molecule has 1 aromatic rings. The SMILES string of the molecule is O=C(CSCc1cccc(Cl)c1)NN=C1CCCCCCC1. The van der Waals surface area contributed by atoms with Crippen LogP contribution >= 0.6 is 23.4 Å². The van der Waals surface area contributed by atoms with E-state index in [4.69, 9.17) is 11.6 Å². The second-order valence-electron chi connectivity index (χ2n) is 5.60. The van der Waals surface area contributed by atoms with E-state index >= 15 is 0 Å². The van der Waals surface area contributed by atoms with Crippen LogP contribution in [-0.4, -0.2) is 17.4 Å². The van der Waals surface area contributed by atoms with Crippen LogP contribution in [0.4, 0.5) is 0 Å². The summed E-state index contributed by atoms with van der Waals surface area (Å²) in [4.78, 5) is 11.8. The summed E-state index contributed by atoms with van der Waals surface area (Å²) in [5, 5.41) is 5.04. The summed E-state index contributed by atoms with van der Waals surface area (Å²) in [6.45, 7) is 0. The van der Waals surface area contributed by atoms with E-state index in [-0.39, 0.29) is 5.91 Å². The van der Waals surface area contributed by atoms with Crippen LogP contribution in [0, 0.1) is 0 Å². The van der Waals surface area contributed by atoms with Gasteiger partial charge in [0.2, 0.25) is 5.91 Å². The lowest BCUT2D eigenvalue weighted by atomic mass is 9.99. The number of hydrogen-bond donors (Lipinski definition) is 1. The lowest BCUT2D eigenvalue weighted by molar-refractivity contribution is -0.118. The molecule has 0 aromatic heterocycles. The van der Waals surface area contributed by atoms with E-state index in [0.29, 0.717) is 5.75 Å². The Morgan fingerprint density at radius 3 is 2.64 bits per heavy atom. The minimum atomic E-state index is -0.0263. The second kappa shape index (κ2) is 9.90. The zero-order valence-electron chi connectivity index (χ0n) is 12.8. The monoisotopic (exact) mass is 338 g/mol. The third kappa shape index (κ3) is 6.84. The van der Waals surface area contributed by atoms with Crippen molar-refractivity contribution in [2.24, 2.45) is 5.10 Å². The van der Waals surface area contributed by atoms with Crippen LogP contribution in [0.3, 0.4) is 0 Å². The molecule has 2 rings (SSSR count). The minimum absolute atomic E-state index is 0.0263. The van der Waals surface area contributed by atoms with Crippen LogP contribution < -0.4 is 5.43 Å². The average Bonchev–Trinajstić information content (AvgIpc) is 2.46. The Morgan fingerprint density at radius 1 is 1.18 bits per heavy atom. The van der Waals surface area contributed by atoms with Crippen LogP contribution in [0.1, 0.15) is 50.5 Å². The van der Waals surface area contributed by atoms with Crippen LogP contribution in [0.2, 0.25) is 5.02 Å². The van der Waals surface area contributed by atoms with Gasteiger partial charge in [0.15, 0.2) is 0 Å². The molecule has 3 nitrogen and oxygen atoms in total. The first-order valence-electron chi connectivity index (χ1n) is 7.90. The Labute approximate surface area is 141 Å². The number of nitrogens with one attached hydrogen (secondary N) is 1. The van der Waals surface area contributed by atoms with Gasteiger partial charge in [0.25, 0.3) is 0 Å². The van der Waals surface area contributed by atoms with E-state index < -0.39 is 0 Å². The molecule has 120 valence electrons. The summed E-state index contributed by atoms with van der Waals surface area (Å²) in [5.41, 5.74) is 4.98. The number of carbonyl (C=O) groups excluding carboxylic acids is 1. The van der Waals surface area contributed by atoms with Crippen LogP contribution in [-0.2, 0) is 10.5 Å². The molecular formula is C17H23ClN2OS. The molecule has 0 radical (unpaired) electrons. The van der Waals surface area contributed by atoms with E-state index in [9.17, 15) is 4.79 Å². The molecule has 1 fully saturated rings. The zero-order chi connectivity index (χ0) is 15.6. The summed E-state index contributed by atoms with van der Waals surface area (Å²) in [5.74, 6) is 1.18. The molecule has 5 heteroatoms. The smallest absolute Gasteiger partial charge is 0.250 e. The molecule has 1 amide bonds. The Balaban J connectivity index is 1.68. The number of thioether (sulfide) groups is 1. The van der Waals surface area contributed by atoms with Gasteiger partial charge in [-0.2, -0.15) is 5.10 Å². The number of amides is 1. The highest BCUT2D eigenvalue weighted by Gasteiger charge is 2.06. The highest BCUT2D eigenvalue weighted by atomic mass is 35.5. The zero-order valence-corrected chi connectivity index (χ0v) is 14.4. The molecule has 0 spiro atoms. The van der Waals surface area contributed by atoms with Crippen LogP contribution in [0.5, 0.6) is 0 Å². The largest absolute Gasteiger partial charge is 0.272 e. The lowest BCUT2D eigenvalue weighted by Gasteiger charge is -2.10. The maximum absolute atomic E-state index is 11.8. The molecule has 0 bridgehead atoms. The van der Waals surface area contributed by atoms with Crippen molar-refractivity contribution in [1.29, 1.82) is 0 Å². The Hall–Kier alpha value is -1.00. The average molecular weight is 339 g/mol. The van der Waals surface area contributed by atoms with Crippen LogP contribution in [0.25, 0.3) is 0 Å². The van der Waals surface area contributed by atoms with E-state index in [1.807, 2.05) is 24.3 Å². The Bertz CT molecular complexity index is 509. The topological polar surface area (TPSA) is 41.5 Å². The third-order valence-corrected chi connectivity index (χ3v) is 4.90. The molecule has 0 heterocycles. The van der Waals surface area contributed by atoms with Crippen molar-refractivity contribution < 1.29 is 4.79 Å². The maximum Gasteiger partial charge on any atom is 0.250 e. The molecule has 1 aliphatic rings. The van der Waals surface area contributed by atoms with Gasteiger partial charge < -0.3 is 0 Å². The summed E-state index contributed by atoms with van der Waals surface area (Å²) in [6, 6.07) is 7.74. The molecule has 1 aliphatic carbocycles. The molecule has 1 N–H and O–H groups in total. The lowest BCUT2D eigenvalue weighted by Crippen LogP contribution is -2.22. The number of hydrogen-bond acceptors (Lipinski definition) is 3. The molecule has 0 unspecified atom stereocenters. The van der Waals surface area contributed by atoms with Crippen molar-refractivity contribution in [3.05, 3.63) is 34.9 Å². The van der Waals surface area contributed by atoms with Crippen molar-refractivity contribution in [3.63, 3.8) is 0 Å². The number of nitrogens with zero attached hydrogens (tertiary/aromatic N) is 1. The van der Waals surface area contributed by atoms with E-state index in [0.717, 1.165) is 34.9 Å². The standard InChI is InChI=1S/C17H23ClN2OS/c18-15-8-6-7-14(11-15)12-22-13-17(21)20-19-16-9-4-2-1-3-5-10-16/h6-8,11H,1-5,9-10,12-13H2,(H,20,21). The van der Waals surface area contributed by atoms with Gasteiger partial charge in [0, 0.05) is 16.5 Å². The van der Waals surface area contributed by atoms with Crippen LogP contribution in [0.15, 0.2) is 29.4 Å². The molecule has 0 atom stereocenters. The molecule has 0 aliphatic heterocycles. The van der Waals surface area contributed by atoms with E-state index in [1.54, 1.807) is 11.8 Å². The fraction of sp³-hybridized carbons (Fsp3) is 0.529. The predicted molar refractivity (Wildman–Crippen MR) is 95.5 cm³/mol. The second-order valence-corrected chi connectivity index (χ2v) is 7.03. The Morgan fingerprint density at radius 2 is 1.91 bits per heavy atom. The molecule has 0 saturated heterocycles. The number of halogens is 1. The van der Waals surface area contributed by atoms with Gasteiger partial charge in [-0.15, -0.1) is 11.8 Å². The van der Waals surface area contributed by atoms with Gasteiger partial charge in [0.1, 0.15) is 0 Å². The van der Waals surface area contributed by atoms with Crippen molar-refractivity contribution in [2.75, 3.05) is 5.75 Å². The van der Waals surface area contributed by atoms with Gasteiger partial charge in [-0.3, -0.25) is 4.79 Å². The predicted octanol–water partition coefficient (Wildman–Crippen LogP) is 4.79. The highest BCUT2D eigenvalue weighted by Crippen LogP contribution is 2.17. The number of rotatable bonds is 5. The van der Waals surface area contributed by atoms with Crippen molar-refractivity contribution in [1.82, 2.24) is 5.43 Å². The van der Waals surface area contributed by atoms with Crippen molar-refractivity contribution >= 4 is 35.0 Å². The number of benzene rings is 1. The molecule has 1 aromatic carbocycles. The van der Waals surface area contributed by atoms with Gasteiger partial charge >= 0.3 is 0 Å². The van der Waals surface area contributed by atoms with Gasteiger partial charge in [-0.05, 0) is 43.4 Å². The first-order chi connectivity index (χ1) is 10.7. The third-order valence-electron chi connectivity index (χ3n) is 3.66. The molecular weight excluding hydrogens is 316 g/mol. The van der Waals surface area contributed by atoms with E-state index in [1.165, 1.54) is 32.1 Å². The van der Waals surface area contributed by atoms with Crippen molar-refractivity contribution in [2.45, 2.75) is 50.7 Å². The highest BCUT2D eigenvalue weighted by molar-refractivity contribution is 7.99. The van der Waals surface area contributed by atoms with Gasteiger partial charge in [0.05, 0.1) is 5.75 Å². The van der Waals surface area contributed by atoms with E-state index in [2.05, 4.69) is 10.5 Å². The van der Waals surface area contributed by atoms with Gasteiger partial charge in [-0.25, -0.2) is 5.43 Å². The quantitative estimate of drug-likeness (QED) is 0.784. The Kier molecular flexibility index (Phi) is 7.81. The molecule has 22 heavy (non-hydrogen) atoms. The first-order valence-corrected chi connectivity index (χ1v) is 9.44. The fourth-order valence-corrected chi connectivity index (χ4v) is 3.47. The fourth-order valence-electron chi connectivity index (χ4n) is 2.49. The summed E-state index contributed by atoms with van der Waals surface area (Å²) in [6.07, 6.45) is 8.33. The van der Waals surface area contributed by atoms with Crippen molar-refractivity contribution in [3.8, 4) is 0 Å². The minimum Gasteiger partial charge on any atom is -0.272 e.